The summed E-state index contributed by atoms with van der Waals surface area (Å²) in [5.74, 6) is -2.84. The Morgan fingerprint density at radius 3 is 2.74 bits per heavy atom. The van der Waals surface area contributed by atoms with Crippen molar-refractivity contribution in [1.29, 1.82) is 0 Å². The Labute approximate surface area is 161 Å². The van der Waals surface area contributed by atoms with E-state index < -0.39 is 18.8 Å². The normalized spacial score (nSPS) is 19.1. The number of hydrogen-bond acceptors (Lipinski definition) is 4. The Bertz CT molecular complexity index is 492. The Kier molecular flexibility index (Phi) is 10.2. The number of hydrogen-bond donors (Lipinski definition) is 0. The zero-order valence-electron chi connectivity index (χ0n) is 16.2. The highest BCUT2D eigenvalue weighted by Gasteiger charge is 2.30. The van der Waals surface area contributed by atoms with E-state index in [2.05, 4.69) is 0 Å². The molecule has 2 unspecified atom stereocenters. The van der Waals surface area contributed by atoms with Gasteiger partial charge in [-0.3, -0.25) is 0 Å². The van der Waals surface area contributed by atoms with Crippen LogP contribution < -0.4 is 0 Å². The summed E-state index contributed by atoms with van der Waals surface area (Å²) in [6, 6.07) is 9.98. The average Bonchev–Trinajstić information content (AvgIpc) is 2.69. The summed E-state index contributed by atoms with van der Waals surface area (Å²) in [7, 11) is 0. The third-order valence-corrected chi connectivity index (χ3v) is 4.50. The molecule has 1 saturated heterocycles. The van der Waals surface area contributed by atoms with Crippen molar-refractivity contribution in [3.05, 3.63) is 35.9 Å². The Balaban J connectivity index is 1.45. The largest absolute Gasteiger partial charge is 0.381 e. The van der Waals surface area contributed by atoms with Crippen molar-refractivity contribution in [2.24, 2.45) is 0 Å². The van der Waals surface area contributed by atoms with Crippen LogP contribution in [0.3, 0.4) is 0 Å². The third kappa shape index (κ3) is 10.1. The van der Waals surface area contributed by atoms with Crippen LogP contribution in [0.15, 0.2) is 30.3 Å². The first-order valence-electron chi connectivity index (χ1n) is 9.89. The van der Waals surface area contributed by atoms with Crippen LogP contribution in [-0.4, -0.2) is 44.7 Å². The SMILES string of the molecule is CC(CCOCCCC(F)(F)COC1CCCCO1)OCc1ccccc1. The fraction of sp³-hybridized carbons (Fsp3) is 0.714. The van der Waals surface area contributed by atoms with Gasteiger partial charge in [0, 0.05) is 26.2 Å². The molecule has 1 aromatic rings. The number of alkyl halides is 2. The standard InChI is InChI=1S/C21H32F2O4/c1-18(26-16-19-8-3-2-4-9-19)11-15-24-13-7-12-21(22,23)17-27-20-10-5-6-14-25-20/h2-4,8-9,18,20H,5-7,10-17H2,1H3. The van der Waals surface area contributed by atoms with Crippen molar-refractivity contribution in [3.63, 3.8) is 0 Å². The highest BCUT2D eigenvalue weighted by atomic mass is 19.3. The van der Waals surface area contributed by atoms with E-state index >= 15 is 0 Å². The summed E-state index contributed by atoms with van der Waals surface area (Å²) < 4.78 is 49.4. The van der Waals surface area contributed by atoms with Crippen molar-refractivity contribution < 1.29 is 27.7 Å². The van der Waals surface area contributed by atoms with Gasteiger partial charge >= 0.3 is 0 Å². The van der Waals surface area contributed by atoms with Crippen molar-refractivity contribution in [2.75, 3.05) is 26.4 Å². The van der Waals surface area contributed by atoms with E-state index in [1.807, 2.05) is 37.3 Å². The maximum absolute atomic E-state index is 13.8. The van der Waals surface area contributed by atoms with E-state index in [0.29, 0.717) is 39.3 Å². The zero-order valence-corrected chi connectivity index (χ0v) is 16.2. The van der Waals surface area contributed by atoms with Gasteiger partial charge in [0.15, 0.2) is 6.29 Å². The first-order chi connectivity index (χ1) is 13.1. The van der Waals surface area contributed by atoms with Gasteiger partial charge in [-0.2, -0.15) is 0 Å². The minimum absolute atomic E-state index is 0.0653. The molecule has 0 N–H and O–H groups in total. The van der Waals surface area contributed by atoms with Gasteiger partial charge in [-0.25, -0.2) is 8.78 Å². The highest BCUT2D eigenvalue weighted by Crippen LogP contribution is 2.23. The van der Waals surface area contributed by atoms with E-state index in [0.717, 1.165) is 24.8 Å². The minimum atomic E-state index is -2.84. The number of benzene rings is 1. The van der Waals surface area contributed by atoms with Gasteiger partial charge in [-0.05, 0) is 44.6 Å². The molecule has 4 nitrogen and oxygen atoms in total. The average molecular weight is 386 g/mol. The van der Waals surface area contributed by atoms with Gasteiger partial charge in [-0.15, -0.1) is 0 Å². The van der Waals surface area contributed by atoms with E-state index in [4.69, 9.17) is 18.9 Å². The smallest absolute Gasteiger partial charge is 0.271 e. The highest BCUT2D eigenvalue weighted by molar-refractivity contribution is 5.13. The van der Waals surface area contributed by atoms with Crippen LogP contribution in [0.25, 0.3) is 0 Å². The molecule has 0 aliphatic carbocycles. The Morgan fingerprint density at radius 1 is 1.19 bits per heavy atom. The second-order valence-corrected chi connectivity index (χ2v) is 7.07. The lowest BCUT2D eigenvalue weighted by molar-refractivity contribution is -0.202. The summed E-state index contributed by atoms with van der Waals surface area (Å²) in [6.07, 6.45) is 3.05. The van der Waals surface area contributed by atoms with E-state index in [9.17, 15) is 8.78 Å². The van der Waals surface area contributed by atoms with E-state index in [-0.39, 0.29) is 12.5 Å². The zero-order chi connectivity index (χ0) is 19.4. The van der Waals surface area contributed by atoms with Crippen molar-refractivity contribution >= 4 is 0 Å². The van der Waals surface area contributed by atoms with Crippen LogP contribution in [-0.2, 0) is 25.6 Å². The molecule has 6 heteroatoms. The maximum Gasteiger partial charge on any atom is 0.271 e. The van der Waals surface area contributed by atoms with Gasteiger partial charge in [0.2, 0.25) is 0 Å². The molecule has 2 rings (SSSR count). The quantitative estimate of drug-likeness (QED) is 0.449. The lowest BCUT2D eigenvalue weighted by Gasteiger charge is -2.25. The molecular formula is C21H32F2O4. The molecule has 0 saturated carbocycles. The molecule has 1 fully saturated rings. The van der Waals surface area contributed by atoms with Gasteiger partial charge in [0.1, 0.15) is 6.61 Å². The fourth-order valence-corrected chi connectivity index (χ4v) is 2.81. The molecule has 1 aliphatic rings. The van der Waals surface area contributed by atoms with Crippen molar-refractivity contribution in [3.8, 4) is 0 Å². The van der Waals surface area contributed by atoms with Crippen LogP contribution in [0.1, 0.15) is 51.0 Å². The number of ether oxygens (including phenoxy) is 4. The van der Waals surface area contributed by atoms with Gasteiger partial charge in [-0.1, -0.05) is 30.3 Å². The van der Waals surface area contributed by atoms with Gasteiger partial charge in [0.05, 0.1) is 12.7 Å². The second-order valence-electron chi connectivity index (χ2n) is 7.07. The monoisotopic (exact) mass is 386 g/mol. The van der Waals surface area contributed by atoms with Gasteiger partial charge in [0.25, 0.3) is 5.92 Å². The molecule has 0 amide bonds. The van der Waals surface area contributed by atoms with E-state index in [1.165, 1.54) is 0 Å². The van der Waals surface area contributed by atoms with Gasteiger partial charge < -0.3 is 18.9 Å². The molecule has 154 valence electrons. The number of rotatable bonds is 13. The Hall–Kier alpha value is -1.08. The number of halogens is 2. The molecule has 0 aromatic heterocycles. The topological polar surface area (TPSA) is 36.9 Å². The first-order valence-corrected chi connectivity index (χ1v) is 9.89. The Morgan fingerprint density at radius 2 is 2.00 bits per heavy atom. The van der Waals surface area contributed by atoms with Crippen LogP contribution >= 0.6 is 0 Å². The molecule has 0 radical (unpaired) electrons. The summed E-state index contributed by atoms with van der Waals surface area (Å²) in [5, 5.41) is 0. The molecule has 0 bridgehead atoms. The predicted octanol–water partition coefficient (Wildman–Crippen LogP) is 4.96. The predicted molar refractivity (Wildman–Crippen MR) is 99.9 cm³/mol. The van der Waals surface area contributed by atoms with Crippen LogP contribution in [0.4, 0.5) is 8.78 Å². The molecule has 0 spiro atoms. The molecule has 1 aliphatic heterocycles. The van der Waals surface area contributed by atoms with E-state index in [1.54, 1.807) is 0 Å². The lowest BCUT2D eigenvalue weighted by atomic mass is 10.2. The summed E-state index contributed by atoms with van der Waals surface area (Å²) in [6.45, 7) is 3.40. The maximum atomic E-state index is 13.8. The van der Waals surface area contributed by atoms with Crippen molar-refractivity contribution in [2.45, 2.75) is 70.4 Å². The van der Waals surface area contributed by atoms with Crippen LogP contribution in [0.5, 0.6) is 0 Å². The summed E-state index contributed by atoms with van der Waals surface area (Å²) >= 11 is 0. The molecule has 27 heavy (non-hydrogen) atoms. The fourth-order valence-electron chi connectivity index (χ4n) is 2.81. The summed E-state index contributed by atoms with van der Waals surface area (Å²) in [5.41, 5.74) is 1.13. The molecule has 1 heterocycles. The first kappa shape index (κ1) is 22.2. The van der Waals surface area contributed by atoms with Crippen LogP contribution in [0, 0.1) is 0 Å². The molecular weight excluding hydrogens is 354 g/mol. The molecule has 1 aromatic carbocycles. The molecule has 2 atom stereocenters. The third-order valence-electron chi connectivity index (χ3n) is 4.50. The minimum Gasteiger partial charge on any atom is -0.381 e. The van der Waals surface area contributed by atoms with Crippen molar-refractivity contribution in [1.82, 2.24) is 0 Å². The van der Waals surface area contributed by atoms with Crippen LogP contribution in [0.2, 0.25) is 0 Å². The second kappa shape index (κ2) is 12.4. The lowest BCUT2D eigenvalue weighted by Crippen LogP contribution is -2.30. The summed E-state index contributed by atoms with van der Waals surface area (Å²) in [4.78, 5) is 0.